The van der Waals surface area contributed by atoms with Gasteiger partial charge in [0, 0.05) is 0 Å². The lowest BCUT2D eigenvalue weighted by Crippen LogP contribution is -1.90. The molecule has 0 saturated heterocycles. The van der Waals surface area contributed by atoms with Gasteiger partial charge in [-0.15, -0.1) is 0 Å². The molecular formula is C10H7N3O. The van der Waals surface area contributed by atoms with Crippen LogP contribution in [0.2, 0.25) is 0 Å². The minimum absolute atomic E-state index is 0.0360. The molecule has 0 aliphatic carbocycles. The second kappa shape index (κ2) is 3.23. The molecule has 0 atom stereocenters. The number of benzene rings is 1. The van der Waals surface area contributed by atoms with Crippen molar-refractivity contribution in [2.45, 2.75) is 0 Å². The van der Waals surface area contributed by atoms with Crippen LogP contribution in [0.3, 0.4) is 0 Å². The fraction of sp³-hybridized carbons (Fsp3) is 0. The van der Waals surface area contributed by atoms with Gasteiger partial charge < -0.3 is 5.11 Å². The molecule has 4 nitrogen and oxygen atoms in total. The van der Waals surface area contributed by atoms with Gasteiger partial charge in [0.15, 0.2) is 0 Å². The normalized spacial score (nSPS) is 9.64. The standard InChI is InChI=1S/C10H7N3O/c11-6-9-10(14)13(7-12-9)8-4-2-1-3-5-8/h1-5,7,14H. The third-order valence-corrected chi connectivity index (χ3v) is 1.88. The Morgan fingerprint density at radius 1 is 1.29 bits per heavy atom. The fourth-order valence-corrected chi connectivity index (χ4v) is 1.20. The molecule has 1 N–H and O–H groups in total. The Bertz CT molecular complexity index is 482. The molecular weight excluding hydrogens is 178 g/mol. The van der Waals surface area contributed by atoms with Crippen molar-refractivity contribution in [3.8, 4) is 17.6 Å². The Hall–Kier alpha value is -2.28. The number of aromatic nitrogens is 2. The van der Waals surface area contributed by atoms with Crippen LogP contribution < -0.4 is 0 Å². The monoisotopic (exact) mass is 185 g/mol. The number of aromatic hydroxyl groups is 1. The lowest BCUT2D eigenvalue weighted by atomic mass is 10.3. The zero-order valence-electron chi connectivity index (χ0n) is 7.25. The number of nitrogens with zero attached hydrogens (tertiary/aromatic N) is 3. The molecule has 0 radical (unpaired) electrons. The van der Waals surface area contributed by atoms with Crippen molar-refractivity contribution in [2.75, 3.05) is 0 Å². The van der Waals surface area contributed by atoms with E-state index in [9.17, 15) is 5.11 Å². The summed E-state index contributed by atoms with van der Waals surface area (Å²) in [6, 6.07) is 11.0. The Kier molecular flexibility index (Phi) is 1.92. The second-order valence-electron chi connectivity index (χ2n) is 2.73. The Morgan fingerprint density at radius 2 is 2.00 bits per heavy atom. The van der Waals surface area contributed by atoms with Crippen LogP contribution in [0.4, 0.5) is 0 Å². The van der Waals surface area contributed by atoms with Crippen molar-refractivity contribution in [2.24, 2.45) is 0 Å². The van der Waals surface area contributed by atoms with Gasteiger partial charge in [-0.1, -0.05) is 18.2 Å². The summed E-state index contributed by atoms with van der Waals surface area (Å²) in [6.07, 6.45) is 1.42. The average Bonchev–Trinajstić information content (AvgIpc) is 2.61. The van der Waals surface area contributed by atoms with Crippen LogP contribution in [0.25, 0.3) is 5.69 Å². The number of rotatable bonds is 1. The van der Waals surface area contributed by atoms with Crippen molar-refractivity contribution in [3.05, 3.63) is 42.4 Å². The molecule has 0 aliphatic rings. The molecule has 0 bridgehead atoms. The Morgan fingerprint density at radius 3 is 2.57 bits per heavy atom. The van der Waals surface area contributed by atoms with Gasteiger partial charge in [0.1, 0.15) is 12.4 Å². The topological polar surface area (TPSA) is 61.8 Å². The molecule has 0 amide bonds. The number of hydrogen-bond donors (Lipinski definition) is 1. The van der Waals surface area contributed by atoms with Gasteiger partial charge in [-0.3, -0.25) is 4.57 Å². The minimum Gasteiger partial charge on any atom is -0.492 e. The highest BCUT2D eigenvalue weighted by Gasteiger charge is 2.09. The van der Waals surface area contributed by atoms with Crippen LogP contribution in [-0.4, -0.2) is 14.7 Å². The van der Waals surface area contributed by atoms with Crippen LogP contribution in [0.15, 0.2) is 36.7 Å². The molecule has 2 rings (SSSR count). The molecule has 0 unspecified atom stereocenters. The van der Waals surface area contributed by atoms with E-state index >= 15 is 0 Å². The van der Waals surface area contributed by atoms with Gasteiger partial charge in [0.05, 0.1) is 5.69 Å². The highest BCUT2D eigenvalue weighted by atomic mass is 16.3. The largest absolute Gasteiger partial charge is 0.492 e. The third kappa shape index (κ3) is 1.21. The van der Waals surface area contributed by atoms with Crippen LogP contribution in [0, 0.1) is 11.3 Å². The summed E-state index contributed by atoms with van der Waals surface area (Å²) in [4.78, 5) is 3.76. The first kappa shape index (κ1) is 8.32. The molecule has 1 heterocycles. The van der Waals surface area contributed by atoms with Gasteiger partial charge >= 0.3 is 0 Å². The predicted octanol–water partition coefficient (Wildman–Crippen LogP) is 1.45. The van der Waals surface area contributed by atoms with Crippen molar-refractivity contribution in [3.63, 3.8) is 0 Å². The van der Waals surface area contributed by atoms with Crippen molar-refractivity contribution in [1.82, 2.24) is 9.55 Å². The summed E-state index contributed by atoms with van der Waals surface area (Å²) in [5.41, 5.74) is 0.813. The number of nitriles is 1. The van der Waals surface area contributed by atoms with Crippen molar-refractivity contribution in [1.29, 1.82) is 5.26 Å². The van der Waals surface area contributed by atoms with E-state index in [0.717, 1.165) is 5.69 Å². The highest BCUT2D eigenvalue weighted by molar-refractivity contribution is 5.41. The summed E-state index contributed by atoms with van der Waals surface area (Å²) in [5, 5.41) is 18.2. The van der Waals surface area contributed by atoms with E-state index in [4.69, 9.17) is 5.26 Å². The van der Waals surface area contributed by atoms with Gasteiger partial charge in [-0.05, 0) is 12.1 Å². The number of hydrogen-bond acceptors (Lipinski definition) is 3. The molecule has 1 aromatic heterocycles. The number of para-hydroxylation sites is 1. The highest BCUT2D eigenvalue weighted by Crippen LogP contribution is 2.19. The smallest absolute Gasteiger partial charge is 0.234 e. The van der Waals surface area contributed by atoms with E-state index in [1.807, 2.05) is 30.3 Å². The summed E-state index contributed by atoms with van der Waals surface area (Å²) in [6.45, 7) is 0. The quantitative estimate of drug-likeness (QED) is 0.731. The molecule has 0 spiro atoms. The van der Waals surface area contributed by atoms with Gasteiger partial charge in [0.2, 0.25) is 11.6 Å². The zero-order valence-corrected chi connectivity index (χ0v) is 7.25. The van der Waals surface area contributed by atoms with Crippen LogP contribution in [0.1, 0.15) is 5.69 Å². The second-order valence-corrected chi connectivity index (χ2v) is 2.73. The molecule has 1 aromatic carbocycles. The first-order valence-corrected chi connectivity index (χ1v) is 4.05. The molecule has 0 saturated carbocycles. The zero-order chi connectivity index (χ0) is 9.97. The van der Waals surface area contributed by atoms with E-state index < -0.39 is 0 Å². The lowest BCUT2D eigenvalue weighted by Gasteiger charge is -2.01. The van der Waals surface area contributed by atoms with E-state index in [1.165, 1.54) is 10.9 Å². The predicted molar refractivity (Wildman–Crippen MR) is 49.9 cm³/mol. The molecule has 2 aromatic rings. The maximum absolute atomic E-state index is 9.56. The maximum Gasteiger partial charge on any atom is 0.234 e. The van der Waals surface area contributed by atoms with E-state index in [2.05, 4.69) is 4.98 Å². The summed E-state index contributed by atoms with van der Waals surface area (Å²) >= 11 is 0. The van der Waals surface area contributed by atoms with E-state index in [-0.39, 0.29) is 11.6 Å². The SMILES string of the molecule is N#Cc1ncn(-c2ccccc2)c1O. The molecule has 68 valence electrons. The first-order chi connectivity index (χ1) is 6.83. The molecule has 0 fully saturated rings. The van der Waals surface area contributed by atoms with Crippen LogP contribution >= 0.6 is 0 Å². The maximum atomic E-state index is 9.56. The summed E-state index contributed by atoms with van der Waals surface area (Å²) < 4.78 is 1.46. The van der Waals surface area contributed by atoms with Crippen molar-refractivity contribution < 1.29 is 5.11 Å². The van der Waals surface area contributed by atoms with E-state index in [1.54, 1.807) is 6.07 Å². The Labute approximate surface area is 80.7 Å². The Balaban J connectivity index is 2.54. The fourth-order valence-electron chi connectivity index (χ4n) is 1.20. The molecule has 4 heteroatoms. The number of imidazole rings is 1. The minimum atomic E-state index is -0.126. The van der Waals surface area contributed by atoms with Crippen molar-refractivity contribution >= 4 is 0 Å². The van der Waals surface area contributed by atoms with E-state index in [0.29, 0.717) is 0 Å². The lowest BCUT2D eigenvalue weighted by molar-refractivity contribution is 0.441. The average molecular weight is 185 g/mol. The first-order valence-electron chi connectivity index (χ1n) is 4.05. The summed E-state index contributed by atoms with van der Waals surface area (Å²) in [7, 11) is 0. The van der Waals surface area contributed by atoms with Crippen LogP contribution in [-0.2, 0) is 0 Å². The molecule has 0 aliphatic heterocycles. The van der Waals surface area contributed by atoms with Gasteiger partial charge in [0.25, 0.3) is 0 Å². The van der Waals surface area contributed by atoms with Gasteiger partial charge in [-0.2, -0.15) is 5.26 Å². The third-order valence-electron chi connectivity index (χ3n) is 1.88. The van der Waals surface area contributed by atoms with Crippen LogP contribution in [0.5, 0.6) is 5.88 Å². The molecule has 14 heavy (non-hydrogen) atoms. The summed E-state index contributed by atoms with van der Waals surface area (Å²) in [5.74, 6) is -0.126. The van der Waals surface area contributed by atoms with Gasteiger partial charge in [-0.25, -0.2) is 4.98 Å².